The minimum Gasteiger partial charge on any atom is -0.497 e. The van der Waals surface area contributed by atoms with Gasteiger partial charge in [0.05, 0.1) is 22.8 Å². The Balaban J connectivity index is 2.01. The normalized spacial score (nSPS) is 10.7. The first-order valence-electron chi connectivity index (χ1n) is 7.27. The van der Waals surface area contributed by atoms with Crippen LogP contribution in [-0.2, 0) is 11.3 Å². The van der Waals surface area contributed by atoms with Crippen molar-refractivity contribution in [2.24, 2.45) is 0 Å². The molecule has 5 nitrogen and oxygen atoms in total. The van der Waals surface area contributed by atoms with Gasteiger partial charge in [-0.2, -0.15) is 5.26 Å². The molecule has 0 bridgehead atoms. The molecule has 2 aromatic carbocycles. The van der Waals surface area contributed by atoms with E-state index in [0.29, 0.717) is 15.7 Å². The van der Waals surface area contributed by atoms with Crippen molar-refractivity contribution < 1.29 is 9.53 Å². The van der Waals surface area contributed by atoms with Crippen LogP contribution in [0.4, 0.5) is 5.69 Å². The van der Waals surface area contributed by atoms with Gasteiger partial charge in [0.25, 0.3) is 5.91 Å². The van der Waals surface area contributed by atoms with Gasteiger partial charge in [0.15, 0.2) is 0 Å². The van der Waals surface area contributed by atoms with Crippen molar-refractivity contribution in [3.63, 3.8) is 0 Å². The van der Waals surface area contributed by atoms with Crippen LogP contribution in [0.2, 0.25) is 10.0 Å². The molecule has 0 aliphatic carbocycles. The molecule has 0 spiro atoms. The van der Waals surface area contributed by atoms with Gasteiger partial charge in [-0.1, -0.05) is 41.4 Å². The molecule has 0 heterocycles. The van der Waals surface area contributed by atoms with Gasteiger partial charge in [0.1, 0.15) is 17.4 Å². The number of halogens is 2. The number of anilines is 1. The predicted molar refractivity (Wildman–Crippen MR) is 98.6 cm³/mol. The number of para-hydroxylation sites is 1. The number of carbonyl (C=O) groups excluding carboxylic acids is 1. The van der Waals surface area contributed by atoms with Crippen LogP contribution < -0.4 is 15.4 Å². The molecular weight excluding hydrogens is 361 g/mol. The monoisotopic (exact) mass is 375 g/mol. The highest BCUT2D eigenvalue weighted by molar-refractivity contribution is 6.39. The van der Waals surface area contributed by atoms with Crippen molar-refractivity contribution in [1.29, 1.82) is 5.26 Å². The van der Waals surface area contributed by atoms with Crippen LogP contribution in [0.5, 0.6) is 5.75 Å². The van der Waals surface area contributed by atoms with Crippen molar-refractivity contribution >= 4 is 34.8 Å². The fraction of sp³-hybridized carbons (Fsp3) is 0.111. The highest BCUT2D eigenvalue weighted by Gasteiger charge is 2.10. The average molecular weight is 376 g/mol. The number of hydrogen-bond donors (Lipinski definition) is 2. The summed E-state index contributed by atoms with van der Waals surface area (Å²) in [5.74, 6) is 0.225. The Bertz CT molecular complexity index is 807. The molecule has 0 aliphatic rings. The number of carbonyl (C=O) groups is 1. The van der Waals surface area contributed by atoms with E-state index in [9.17, 15) is 10.1 Å². The first kappa shape index (κ1) is 18.7. The Morgan fingerprint density at radius 1 is 1.20 bits per heavy atom. The maximum absolute atomic E-state index is 12.1. The van der Waals surface area contributed by atoms with Crippen LogP contribution in [0.3, 0.4) is 0 Å². The van der Waals surface area contributed by atoms with Gasteiger partial charge < -0.3 is 15.4 Å². The smallest absolute Gasteiger partial charge is 0.263 e. The standard InChI is InChI=1S/C18H15Cl2N3O2/c1-25-14-7-5-12(6-8-14)10-23-18(24)13(9-21)11-22-17-15(19)3-2-4-16(17)20/h2-8,11,22H,10H2,1H3,(H,23,24)/b13-11-. The summed E-state index contributed by atoms with van der Waals surface area (Å²) in [5, 5.41) is 15.4. The largest absolute Gasteiger partial charge is 0.497 e. The summed E-state index contributed by atoms with van der Waals surface area (Å²) in [6.07, 6.45) is 1.27. The van der Waals surface area contributed by atoms with Crippen molar-refractivity contribution in [3.8, 4) is 11.8 Å². The third-order valence-electron chi connectivity index (χ3n) is 3.30. The molecule has 0 saturated carbocycles. The summed E-state index contributed by atoms with van der Waals surface area (Å²) in [5.41, 5.74) is 1.22. The molecule has 2 aromatic rings. The van der Waals surface area contributed by atoms with Crippen LogP contribution >= 0.6 is 23.2 Å². The molecule has 1 amide bonds. The Morgan fingerprint density at radius 3 is 2.40 bits per heavy atom. The van der Waals surface area contributed by atoms with Crippen LogP contribution in [-0.4, -0.2) is 13.0 Å². The fourth-order valence-corrected chi connectivity index (χ4v) is 2.46. The SMILES string of the molecule is COc1ccc(CNC(=O)/C(C#N)=C\Nc2c(Cl)cccc2Cl)cc1. The Kier molecular flexibility index (Phi) is 6.70. The quantitative estimate of drug-likeness (QED) is 0.587. The molecule has 7 heteroatoms. The van der Waals surface area contributed by atoms with Gasteiger partial charge >= 0.3 is 0 Å². The lowest BCUT2D eigenvalue weighted by molar-refractivity contribution is -0.117. The summed E-state index contributed by atoms with van der Waals surface area (Å²) in [7, 11) is 1.58. The molecule has 128 valence electrons. The van der Waals surface area contributed by atoms with Crippen LogP contribution in [0, 0.1) is 11.3 Å². The number of hydrogen-bond acceptors (Lipinski definition) is 4. The molecule has 0 unspecified atom stereocenters. The summed E-state index contributed by atoms with van der Waals surface area (Å²) in [6.45, 7) is 0.286. The van der Waals surface area contributed by atoms with E-state index in [1.807, 2.05) is 18.2 Å². The Morgan fingerprint density at radius 2 is 1.84 bits per heavy atom. The predicted octanol–water partition coefficient (Wildman–Crippen LogP) is 4.14. The third-order valence-corrected chi connectivity index (χ3v) is 3.93. The van der Waals surface area contributed by atoms with E-state index in [1.165, 1.54) is 6.20 Å². The number of nitrogens with one attached hydrogen (secondary N) is 2. The van der Waals surface area contributed by atoms with Crippen LogP contribution in [0.1, 0.15) is 5.56 Å². The van der Waals surface area contributed by atoms with Crippen molar-refractivity contribution in [2.45, 2.75) is 6.54 Å². The first-order chi connectivity index (χ1) is 12.0. The molecule has 25 heavy (non-hydrogen) atoms. The van der Waals surface area contributed by atoms with Gasteiger partial charge in [-0.25, -0.2) is 0 Å². The van der Waals surface area contributed by atoms with E-state index in [0.717, 1.165) is 11.3 Å². The number of amides is 1. The van der Waals surface area contributed by atoms with Gasteiger partial charge in [0, 0.05) is 12.7 Å². The van der Waals surface area contributed by atoms with Gasteiger partial charge in [-0.15, -0.1) is 0 Å². The second kappa shape index (κ2) is 8.97. The summed E-state index contributed by atoms with van der Waals surface area (Å²) < 4.78 is 5.07. The number of ether oxygens (including phenoxy) is 1. The summed E-state index contributed by atoms with van der Waals surface area (Å²) >= 11 is 12.1. The molecular formula is C18H15Cl2N3O2. The van der Waals surface area contributed by atoms with E-state index < -0.39 is 5.91 Å². The second-order valence-electron chi connectivity index (χ2n) is 4.94. The minimum atomic E-state index is -0.506. The zero-order valence-corrected chi connectivity index (χ0v) is 14.9. The minimum absolute atomic E-state index is 0.0931. The number of rotatable bonds is 6. The molecule has 0 aromatic heterocycles. The van der Waals surface area contributed by atoms with Gasteiger partial charge in [-0.05, 0) is 29.8 Å². The van der Waals surface area contributed by atoms with E-state index in [2.05, 4.69) is 10.6 Å². The molecule has 0 radical (unpaired) electrons. The van der Waals surface area contributed by atoms with E-state index in [-0.39, 0.29) is 12.1 Å². The second-order valence-corrected chi connectivity index (χ2v) is 5.76. The Hall–Kier alpha value is -2.68. The van der Waals surface area contributed by atoms with Crippen molar-refractivity contribution in [3.05, 3.63) is 69.8 Å². The van der Waals surface area contributed by atoms with Crippen molar-refractivity contribution in [2.75, 3.05) is 12.4 Å². The average Bonchev–Trinajstić information content (AvgIpc) is 2.63. The molecule has 0 aliphatic heterocycles. The zero-order chi connectivity index (χ0) is 18.2. The lowest BCUT2D eigenvalue weighted by Crippen LogP contribution is -2.24. The maximum atomic E-state index is 12.1. The van der Waals surface area contributed by atoms with E-state index in [4.69, 9.17) is 27.9 Å². The topological polar surface area (TPSA) is 74.1 Å². The molecule has 0 saturated heterocycles. The molecule has 0 atom stereocenters. The number of nitriles is 1. The number of benzene rings is 2. The van der Waals surface area contributed by atoms with E-state index in [1.54, 1.807) is 37.4 Å². The van der Waals surface area contributed by atoms with Gasteiger partial charge in [-0.3, -0.25) is 4.79 Å². The lowest BCUT2D eigenvalue weighted by Gasteiger charge is -2.08. The fourth-order valence-electron chi connectivity index (χ4n) is 1.95. The van der Waals surface area contributed by atoms with Crippen LogP contribution in [0.15, 0.2) is 54.2 Å². The first-order valence-corrected chi connectivity index (χ1v) is 8.02. The highest BCUT2D eigenvalue weighted by atomic mass is 35.5. The number of methoxy groups -OCH3 is 1. The van der Waals surface area contributed by atoms with Gasteiger partial charge in [0.2, 0.25) is 0 Å². The van der Waals surface area contributed by atoms with Crippen LogP contribution in [0.25, 0.3) is 0 Å². The zero-order valence-electron chi connectivity index (χ0n) is 13.3. The van der Waals surface area contributed by atoms with E-state index >= 15 is 0 Å². The number of nitrogens with zero attached hydrogens (tertiary/aromatic N) is 1. The highest BCUT2D eigenvalue weighted by Crippen LogP contribution is 2.29. The molecule has 0 fully saturated rings. The molecule has 2 rings (SSSR count). The Labute approximate surface area is 155 Å². The lowest BCUT2D eigenvalue weighted by atomic mass is 10.2. The summed E-state index contributed by atoms with van der Waals surface area (Å²) in [4.78, 5) is 12.1. The third kappa shape index (κ3) is 5.15. The maximum Gasteiger partial charge on any atom is 0.263 e. The molecule has 2 N–H and O–H groups in total. The summed E-state index contributed by atoms with van der Waals surface area (Å²) in [6, 6.07) is 14.1. The van der Waals surface area contributed by atoms with Crippen molar-refractivity contribution in [1.82, 2.24) is 5.32 Å².